The van der Waals surface area contributed by atoms with E-state index in [4.69, 9.17) is 0 Å². The highest BCUT2D eigenvalue weighted by Crippen LogP contribution is 2.39. The smallest absolute Gasteiger partial charge is 0.252 e. The lowest BCUT2D eigenvalue weighted by molar-refractivity contribution is -0.119. The average molecular weight is 488 g/mol. The largest absolute Gasteiger partial charge is 0.354 e. The van der Waals surface area contributed by atoms with Crippen LogP contribution in [0.15, 0.2) is 78.2 Å². The van der Waals surface area contributed by atoms with Crippen molar-refractivity contribution in [3.8, 4) is 0 Å². The predicted molar refractivity (Wildman–Crippen MR) is 143 cm³/mol. The van der Waals surface area contributed by atoms with E-state index in [2.05, 4.69) is 77.8 Å². The number of nitrogens with zero attached hydrogens (tertiary/aromatic N) is 2. The average Bonchev–Trinajstić information content (AvgIpc) is 3.05. The van der Waals surface area contributed by atoms with E-state index in [1.54, 1.807) is 18.4 Å². The summed E-state index contributed by atoms with van der Waals surface area (Å²) in [6.07, 6.45) is 13.3. The second kappa shape index (κ2) is 10.8. The molecule has 3 aliphatic rings. The van der Waals surface area contributed by atoms with Gasteiger partial charge in [-0.2, -0.15) is 0 Å². The Morgan fingerprint density at radius 3 is 2.23 bits per heavy atom. The first-order valence-corrected chi connectivity index (χ1v) is 11.9. The number of likely N-dealkylation sites (tertiary alicyclic amines) is 1. The monoisotopic (exact) mass is 487 g/mol. The van der Waals surface area contributed by atoms with Crippen LogP contribution in [0.1, 0.15) is 48.4 Å². The van der Waals surface area contributed by atoms with Gasteiger partial charge < -0.3 is 15.1 Å². The van der Waals surface area contributed by atoms with Crippen LogP contribution in [0.5, 0.6) is 0 Å². The molecule has 1 aliphatic carbocycles. The van der Waals surface area contributed by atoms with Crippen LogP contribution in [0.4, 0.5) is 0 Å². The van der Waals surface area contributed by atoms with E-state index in [1.165, 1.54) is 38.4 Å². The third-order valence-electron chi connectivity index (χ3n) is 6.77. The molecule has 2 amide bonds. The molecule has 0 bridgehead atoms. The molecule has 1 N–H and O–H groups in total. The predicted octanol–water partition coefficient (Wildman–Crippen LogP) is 5.21. The van der Waals surface area contributed by atoms with E-state index < -0.39 is 0 Å². The van der Waals surface area contributed by atoms with Crippen molar-refractivity contribution < 1.29 is 9.59 Å². The molecular formula is C29H30ClN3O2. The fraction of sp³-hybridized carbons (Fsp3) is 0.241. The van der Waals surface area contributed by atoms with E-state index in [0.29, 0.717) is 12.1 Å². The Morgan fingerprint density at radius 2 is 1.63 bits per heavy atom. The molecule has 1 saturated heterocycles. The van der Waals surface area contributed by atoms with Crippen LogP contribution in [0.2, 0.25) is 0 Å². The van der Waals surface area contributed by atoms with Gasteiger partial charge in [-0.3, -0.25) is 9.59 Å². The van der Waals surface area contributed by atoms with Crippen LogP contribution < -0.4 is 5.32 Å². The summed E-state index contributed by atoms with van der Waals surface area (Å²) in [6, 6.07) is 17.1. The Bertz CT molecular complexity index is 1190. The zero-order valence-corrected chi connectivity index (χ0v) is 20.6. The second-order valence-corrected chi connectivity index (χ2v) is 8.91. The maximum absolute atomic E-state index is 13.0. The van der Waals surface area contributed by atoms with Crippen molar-refractivity contribution in [1.29, 1.82) is 0 Å². The Balaban J connectivity index is 0.00000289. The minimum absolute atomic E-state index is 0. The number of rotatable bonds is 4. The van der Waals surface area contributed by atoms with Crippen molar-refractivity contribution in [3.05, 3.63) is 100 Å². The lowest BCUT2D eigenvalue weighted by Gasteiger charge is -2.39. The van der Waals surface area contributed by atoms with Crippen LogP contribution in [0.25, 0.3) is 17.7 Å². The number of halogens is 1. The minimum atomic E-state index is -0.163. The molecule has 0 radical (unpaired) electrons. The summed E-state index contributed by atoms with van der Waals surface area (Å²) in [5.74, 6) is -0.118. The second-order valence-electron chi connectivity index (χ2n) is 8.91. The number of carbonyl (C=O) groups is 2. The van der Waals surface area contributed by atoms with Crippen molar-refractivity contribution in [1.82, 2.24) is 15.1 Å². The molecule has 1 unspecified atom stereocenters. The number of hydrogen-bond acceptors (Lipinski definition) is 3. The van der Waals surface area contributed by atoms with Crippen molar-refractivity contribution in [2.24, 2.45) is 0 Å². The standard InChI is InChI=1S/C29H29N3O2.ClH/c1-21(30-29(34)24-15-18-31(20-33)19-16-24)32-17-7-6-12-27(32)28-25-10-4-2-8-22(25)13-14-23-9-3-5-11-26(23)28;/h2-5,8-11,13-16,18,20-21H,6-7,12,17,19H2,1H3,(H,30,34);1H. The lowest BCUT2D eigenvalue weighted by atomic mass is 9.88. The highest BCUT2D eigenvalue weighted by molar-refractivity contribution is 5.97. The van der Waals surface area contributed by atoms with Gasteiger partial charge in [0.25, 0.3) is 5.91 Å². The van der Waals surface area contributed by atoms with Crippen LogP contribution in [-0.2, 0) is 9.59 Å². The van der Waals surface area contributed by atoms with E-state index in [1.807, 2.05) is 0 Å². The highest BCUT2D eigenvalue weighted by atomic mass is 35.5. The topological polar surface area (TPSA) is 52.7 Å². The van der Waals surface area contributed by atoms with E-state index in [-0.39, 0.29) is 24.5 Å². The van der Waals surface area contributed by atoms with Crippen molar-refractivity contribution in [2.45, 2.75) is 32.4 Å². The van der Waals surface area contributed by atoms with E-state index >= 15 is 0 Å². The Hall–Kier alpha value is -3.57. The van der Waals surface area contributed by atoms with Crippen LogP contribution in [0.3, 0.4) is 0 Å². The van der Waals surface area contributed by atoms with Gasteiger partial charge in [-0.1, -0.05) is 66.8 Å². The number of amides is 2. The normalized spacial score (nSPS) is 17.5. The van der Waals surface area contributed by atoms with Gasteiger partial charge in [-0.05, 0) is 54.5 Å². The number of hydrogen-bond donors (Lipinski definition) is 1. The number of fused-ring (bicyclic) bond motifs is 2. The maximum atomic E-state index is 13.0. The summed E-state index contributed by atoms with van der Waals surface area (Å²) in [7, 11) is 0. The zero-order valence-electron chi connectivity index (χ0n) is 19.8. The summed E-state index contributed by atoms with van der Waals surface area (Å²) < 4.78 is 0. The maximum Gasteiger partial charge on any atom is 0.252 e. The van der Waals surface area contributed by atoms with Gasteiger partial charge in [-0.15, -0.1) is 12.4 Å². The molecule has 2 aromatic carbocycles. The molecule has 35 heavy (non-hydrogen) atoms. The third-order valence-corrected chi connectivity index (χ3v) is 6.77. The summed E-state index contributed by atoms with van der Waals surface area (Å²) in [5.41, 5.74) is 8.01. The van der Waals surface area contributed by atoms with Crippen LogP contribution in [0, 0.1) is 0 Å². The highest BCUT2D eigenvalue weighted by Gasteiger charge is 2.28. The first kappa shape index (κ1) is 24.6. The Morgan fingerprint density at radius 1 is 0.971 bits per heavy atom. The lowest BCUT2D eigenvalue weighted by Crippen LogP contribution is -2.48. The molecule has 0 spiro atoms. The summed E-state index contributed by atoms with van der Waals surface area (Å²) in [5, 5.41) is 3.20. The summed E-state index contributed by atoms with van der Waals surface area (Å²) in [4.78, 5) is 27.8. The van der Waals surface area contributed by atoms with Gasteiger partial charge >= 0.3 is 0 Å². The van der Waals surface area contributed by atoms with Crippen molar-refractivity contribution >= 4 is 42.4 Å². The van der Waals surface area contributed by atoms with Gasteiger partial charge in [0.1, 0.15) is 0 Å². The quantitative estimate of drug-likeness (QED) is 0.514. The van der Waals surface area contributed by atoms with Gasteiger partial charge in [0.2, 0.25) is 6.41 Å². The van der Waals surface area contributed by atoms with Crippen LogP contribution >= 0.6 is 12.4 Å². The number of nitrogens with one attached hydrogen (secondary N) is 1. The summed E-state index contributed by atoms with van der Waals surface area (Å²) in [6.45, 7) is 3.37. The fourth-order valence-corrected chi connectivity index (χ4v) is 5.03. The molecule has 6 heteroatoms. The Kier molecular flexibility index (Phi) is 7.57. The number of piperidine rings is 1. The van der Waals surface area contributed by atoms with Gasteiger partial charge in [0, 0.05) is 36.1 Å². The van der Waals surface area contributed by atoms with Gasteiger partial charge in [0.15, 0.2) is 0 Å². The van der Waals surface area contributed by atoms with Gasteiger partial charge in [0.05, 0.1) is 6.17 Å². The van der Waals surface area contributed by atoms with Gasteiger partial charge in [-0.25, -0.2) is 0 Å². The fourth-order valence-electron chi connectivity index (χ4n) is 5.03. The molecule has 5 rings (SSSR count). The first-order chi connectivity index (χ1) is 16.7. The van der Waals surface area contributed by atoms with E-state index in [9.17, 15) is 9.59 Å². The number of benzene rings is 2. The molecule has 0 aromatic heterocycles. The Labute approximate surface area is 212 Å². The summed E-state index contributed by atoms with van der Waals surface area (Å²) >= 11 is 0. The molecular weight excluding hydrogens is 458 g/mol. The van der Waals surface area contributed by atoms with E-state index in [0.717, 1.165) is 32.2 Å². The molecule has 1 atom stereocenters. The molecule has 0 saturated carbocycles. The third kappa shape index (κ3) is 4.96. The SMILES string of the molecule is CC(NC(=O)C1=CCN(C=O)C=C1)N1CCCCC1=C1c2ccccc2C=Cc2ccccc21.Cl. The molecule has 2 aliphatic heterocycles. The molecule has 2 heterocycles. The molecule has 2 aromatic rings. The molecule has 1 fully saturated rings. The number of carbonyl (C=O) groups excluding carboxylic acids is 2. The van der Waals surface area contributed by atoms with Crippen LogP contribution in [-0.4, -0.2) is 41.4 Å². The van der Waals surface area contributed by atoms with Crippen molar-refractivity contribution in [2.75, 3.05) is 13.1 Å². The van der Waals surface area contributed by atoms with Crippen molar-refractivity contribution in [3.63, 3.8) is 0 Å². The number of allylic oxidation sites excluding steroid dienone is 1. The minimum Gasteiger partial charge on any atom is -0.354 e. The first-order valence-electron chi connectivity index (χ1n) is 11.9. The molecule has 5 nitrogen and oxygen atoms in total. The molecule has 180 valence electrons. The zero-order chi connectivity index (χ0) is 23.5.